The molecule has 0 aromatic rings. The van der Waals surface area contributed by atoms with Crippen LogP contribution in [0, 0.1) is 28.6 Å². The predicted molar refractivity (Wildman–Crippen MR) is 216 cm³/mol. The van der Waals surface area contributed by atoms with Gasteiger partial charge in [-0.1, -0.05) is 157 Å². The van der Waals surface area contributed by atoms with Crippen LogP contribution in [0.15, 0.2) is 11.5 Å². The largest absolute Gasteiger partial charge is 0.483 e. The molecule has 4 N–H and O–H groups in total. The molecular weight excluding hydrogens is 604 g/mol. The summed E-state index contributed by atoms with van der Waals surface area (Å²) in [7, 11) is -2.14. The van der Waals surface area contributed by atoms with Gasteiger partial charge in [0, 0.05) is 19.8 Å². The Morgan fingerprint density at radius 3 is 1.00 bits per heavy atom. The summed E-state index contributed by atoms with van der Waals surface area (Å²) in [5.41, 5.74) is 1.59. The molecule has 4 aliphatic heterocycles. The normalized spacial score (nSPS) is 20.3. The quantitative estimate of drug-likeness (QED) is 0.186. The van der Waals surface area contributed by atoms with Gasteiger partial charge in [-0.15, -0.1) is 0 Å². The highest BCUT2D eigenvalue weighted by Gasteiger charge is 2.36. The van der Waals surface area contributed by atoms with Crippen LogP contribution >= 0.6 is 0 Å². The van der Waals surface area contributed by atoms with E-state index in [0.717, 1.165) is 32.2 Å². The Morgan fingerprint density at radius 1 is 0.583 bits per heavy atom. The smallest absolute Gasteiger partial charge is 0.427 e. The monoisotopic (exact) mass is 691 g/mol. The van der Waals surface area contributed by atoms with Crippen LogP contribution in [0.4, 0.5) is 0 Å². The minimum Gasteiger partial charge on any atom is -0.427 e. The molecule has 1 unspecified atom stereocenters. The third-order valence-electron chi connectivity index (χ3n) is 6.27. The topological polar surface area (TPSA) is 118 Å². The van der Waals surface area contributed by atoms with E-state index in [1.807, 2.05) is 55.4 Å². The summed E-state index contributed by atoms with van der Waals surface area (Å²) in [4.78, 5) is 0. The molecule has 3 saturated heterocycles. The van der Waals surface area contributed by atoms with E-state index in [9.17, 15) is 0 Å². The predicted octanol–water partition coefficient (Wildman–Crippen LogP) is 9.37. The first kappa shape index (κ1) is 59.8. The minimum atomic E-state index is -0.672. The van der Waals surface area contributed by atoms with Crippen molar-refractivity contribution < 1.29 is 38.7 Å². The standard InChI is InChI=1S/C7H15BO2.C7H13BO2.2C4H9BO2.2C3H8.4C2H6/c2*1-7(2,3)6-4-8(9)10-5-6;2*1-4-2-5(6)7-3-4;2*1-3-2;4*1-2/h6,9H,4-5H2,1-3H3;4,9H,5H2,1-3H3;2*4,6H,2-3H2,1H3;2*3H2,1-2H3;4*1-2H3/t;;2*4-;;;;;;/m..10....../s1. The molecule has 48 heavy (non-hydrogen) atoms. The minimum absolute atomic E-state index is 0.136. The Hall–Kier alpha value is -0.320. The van der Waals surface area contributed by atoms with Crippen LogP contribution in [0.2, 0.25) is 19.0 Å². The first-order chi connectivity index (χ1) is 22.4. The zero-order valence-corrected chi connectivity index (χ0v) is 35.9. The van der Waals surface area contributed by atoms with E-state index in [2.05, 4.69) is 83.1 Å². The molecule has 0 saturated carbocycles. The van der Waals surface area contributed by atoms with Crippen LogP contribution in [0.1, 0.15) is 151 Å². The van der Waals surface area contributed by atoms with Crippen molar-refractivity contribution in [1.29, 1.82) is 0 Å². The van der Waals surface area contributed by atoms with Crippen molar-refractivity contribution in [3.63, 3.8) is 0 Å². The lowest BCUT2D eigenvalue weighted by Gasteiger charge is -2.25. The number of hydrogen-bond donors (Lipinski definition) is 4. The second-order valence-electron chi connectivity index (χ2n) is 13.4. The molecule has 8 nitrogen and oxygen atoms in total. The lowest BCUT2D eigenvalue weighted by molar-refractivity contribution is 0.193. The Balaban J connectivity index is -0.000000110. The van der Waals surface area contributed by atoms with E-state index in [1.54, 1.807) is 5.98 Å². The molecule has 12 heteroatoms. The fourth-order valence-electron chi connectivity index (χ4n) is 3.63. The highest BCUT2D eigenvalue weighted by atomic mass is 16.5. The summed E-state index contributed by atoms with van der Waals surface area (Å²) < 4.78 is 19.6. The summed E-state index contributed by atoms with van der Waals surface area (Å²) in [6, 6.07) is 0. The van der Waals surface area contributed by atoms with Crippen LogP contribution in [0.5, 0.6) is 0 Å². The Morgan fingerprint density at radius 2 is 0.896 bits per heavy atom. The molecule has 0 aromatic carbocycles. The Bertz CT molecular complexity index is 610. The van der Waals surface area contributed by atoms with Crippen LogP contribution in [0.25, 0.3) is 0 Å². The van der Waals surface area contributed by atoms with E-state index >= 15 is 0 Å². The number of hydrogen-bond acceptors (Lipinski definition) is 8. The third-order valence-corrected chi connectivity index (χ3v) is 6.27. The van der Waals surface area contributed by atoms with E-state index in [0.29, 0.717) is 31.0 Å². The maximum absolute atomic E-state index is 9.04. The number of rotatable bonds is 0. The highest BCUT2D eigenvalue weighted by Crippen LogP contribution is 2.33. The second kappa shape index (κ2) is 39.5. The molecule has 4 heterocycles. The van der Waals surface area contributed by atoms with Gasteiger partial charge < -0.3 is 38.7 Å². The first-order valence-corrected chi connectivity index (χ1v) is 19.3. The maximum atomic E-state index is 9.04. The Labute approximate surface area is 303 Å². The molecule has 3 fully saturated rings. The average molecular weight is 690 g/mol. The SMILES string of the molecule is CC.CC.CC.CC.CC(C)(C)C1=CB(O)OC1.CC(C)(C)C1COB(O)C1.CCC.CCC.C[C@@H]1COB(O)C1.C[C@H]1COB(O)C1. The molecule has 0 amide bonds. The lowest BCUT2D eigenvalue weighted by atomic mass is 9.71. The van der Waals surface area contributed by atoms with Crippen LogP contribution < -0.4 is 0 Å². The fourth-order valence-corrected chi connectivity index (χ4v) is 3.63. The maximum Gasteiger partial charge on any atom is 0.483 e. The van der Waals surface area contributed by atoms with Crippen molar-refractivity contribution >= 4 is 28.5 Å². The van der Waals surface area contributed by atoms with E-state index in [1.165, 1.54) is 18.4 Å². The molecule has 3 atom stereocenters. The molecule has 0 aromatic heterocycles. The van der Waals surface area contributed by atoms with Gasteiger partial charge >= 0.3 is 28.5 Å². The van der Waals surface area contributed by atoms with Gasteiger partial charge in [0.25, 0.3) is 0 Å². The van der Waals surface area contributed by atoms with Crippen molar-refractivity contribution in [2.75, 3.05) is 26.4 Å². The van der Waals surface area contributed by atoms with Gasteiger partial charge in [-0.3, -0.25) is 0 Å². The summed E-state index contributed by atoms with van der Waals surface area (Å²) in [5, 5.41) is 35.4. The Kier molecular flexibility index (Phi) is 49.2. The van der Waals surface area contributed by atoms with Gasteiger partial charge in [-0.05, 0) is 53.1 Å². The van der Waals surface area contributed by atoms with Crippen LogP contribution in [-0.4, -0.2) is 75.0 Å². The summed E-state index contributed by atoms with van der Waals surface area (Å²) in [6.45, 7) is 44.2. The van der Waals surface area contributed by atoms with Gasteiger partial charge in [0.1, 0.15) is 0 Å². The second-order valence-corrected chi connectivity index (χ2v) is 13.4. The summed E-state index contributed by atoms with van der Waals surface area (Å²) in [6.07, 6.45) is 4.91. The van der Waals surface area contributed by atoms with Gasteiger partial charge in [-0.2, -0.15) is 0 Å². The van der Waals surface area contributed by atoms with Gasteiger partial charge in [0.15, 0.2) is 0 Å². The first-order valence-electron chi connectivity index (χ1n) is 19.3. The van der Waals surface area contributed by atoms with Crippen LogP contribution in [0.3, 0.4) is 0 Å². The molecule has 4 aliphatic rings. The van der Waals surface area contributed by atoms with Crippen molar-refractivity contribution in [2.45, 2.75) is 170 Å². The summed E-state index contributed by atoms with van der Waals surface area (Å²) >= 11 is 0. The average Bonchev–Trinajstić information content (AvgIpc) is 3.84. The lowest BCUT2D eigenvalue weighted by Crippen LogP contribution is -2.20. The van der Waals surface area contributed by atoms with Crippen molar-refractivity contribution in [3.8, 4) is 0 Å². The van der Waals surface area contributed by atoms with E-state index < -0.39 is 28.5 Å². The summed E-state index contributed by atoms with van der Waals surface area (Å²) in [5.74, 6) is 3.40. The van der Waals surface area contributed by atoms with Gasteiger partial charge in [0.05, 0.1) is 6.61 Å². The van der Waals surface area contributed by atoms with E-state index in [4.69, 9.17) is 38.7 Å². The molecule has 290 valence electrons. The highest BCUT2D eigenvalue weighted by molar-refractivity contribution is 6.50. The van der Waals surface area contributed by atoms with E-state index in [-0.39, 0.29) is 10.8 Å². The third kappa shape index (κ3) is 40.1. The molecular formula is C36H86B4O8. The molecule has 0 bridgehead atoms. The van der Waals surface area contributed by atoms with Crippen LogP contribution in [-0.2, 0) is 18.6 Å². The fraction of sp³-hybridized carbons (Fsp3) is 0.944. The van der Waals surface area contributed by atoms with Gasteiger partial charge in [0.2, 0.25) is 0 Å². The molecule has 0 radical (unpaired) electrons. The molecule has 0 aliphatic carbocycles. The van der Waals surface area contributed by atoms with Crippen molar-refractivity contribution in [1.82, 2.24) is 0 Å². The zero-order valence-electron chi connectivity index (χ0n) is 35.9. The molecule has 0 spiro atoms. The van der Waals surface area contributed by atoms with Crippen molar-refractivity contribution in [3.05, 3.63) is 11.5 Å². The van der Waals surface area contributed by atoms with Crippen molar-refractivity contribution in [2.24, 2.45) is 28.6 Å². The molecule has 4 rings (SSSR count). The zero-order chi connectivity index (χ0) is 39.5. The van der Waals surface area contributed by atoms with Gasteiger partial charge in [-0.25, -0.2) is 0 Å².